The molecular weight excluding hydrogens is 354 g/mol. The molecule has 146 valence electrons. The Labute approximate surface area is 155 Å². The van der Waals surface area contributed by atoms with E-state index in [1.54, 1.807) is 18.4 Å². The molecule has 2 aromatic rings. The van der Waals surface area contributed by atoms with Crippen molar-refractivity contribution in [2.24, 2.45) is 5.92 Å². The number of rotatable bonds is 5. The van der Waals surface area contributed by atoms with E-state index in [-0.39, 0.29) is 11.1 Å². The van der Waals surface area contributed by atoms with Crippen LogP contribution in [0.1, 0.15) is 33.9 Å². The second kappa shape index (κ2) is 6.39. The summed E-state index contributed by atoms with van der Waals surface area (Å²) in [4.78, 5) is 35.1. The summed E-state index contributed by atoms with van der Waals surface area (Å²) in [6.07, 6.45) is -0.301. The molecule has 2 aliphatic rings. The highest BCUT2D eigenvalue weighted by Gasteiger charge is 2.56. The van der Waals surface area contributed by atoms with E-state index in [1.807, 2.05) is 0 Å². The molecule has 10 heteroatoms. The van der Waals surface area contributed by atoms with Crippen LogP contribution < -0.4 is 10.9 Å². The molecule has 0 amide bonds. The van der Waals surface area contributed by atoms with Crippen molar-refractivity contribution >= 4 is 23.4 Å². The minimum absolute atomic E-state index is 0.193. The first-order valence-electron chi connectivity index (χ1n) is 8.96. The quantitative estimate of drug-likeness (QED) is 0.734. The van der Waals surface area contributed by atoms with Crippen molar-refractivity contribution in [1.29, 1.82) is 0 Å². The van der Waals surface area contributed by atoms with Gasteiger partial charge >= 0.3 is 0 Å². The van der Waals surface area contributed by atoms with Gasteiger partial charge < -0.3 is 24.3 Å². The molecule has 10 nitrogen and oxygen atoms in total. The molecule has 4 rings (SSSR count). The molecular formula is C17H23N5O5. The molecule has 27 heavy (non-hydrogen) atoms. The van der Waals surface area contributed by atoms with Crippen molar-refractivity contribution in [1.82, 2.24) is 19.5 Å². The minimum atomic E-state index is -0.829. The summed E-state index contributed by atoms with van der Waals surface area (Å²) in [5.41, 5.74) is 0.196. The number of anilines is 1. The summed E-state index contributed by atoms with van der Waals surface area (Å²) < 4.78 is 19.2. The van der Waals surface area contributed by atoms with Gasteiger partial charge in [-0.3, -0.25) is 14.3 Å². The van der Waals surface area contributed by atoms with Crippen LogP contribution >= 0.6 is 0 Å². The zero-order valence-electron chi connectivity index (χ0n) is 15.6. The Morgan fingerprint density at radius 2 is 2.11 bits per heavy atom. The Morgan fingerprint density at radius 3 is 2.81 bits per heavy atom. The van der Waals surface area contributed by atoms with Crippen LogP contribution in [0.4, 0.5) is 5.95 Å². The van der Waals surface area contributed by atoms with Crippen molar-refractivity contribution in [3.8, 4) is 0 Å². The van der Waals surface area contributed by atoms with E-state index in [0.717, 1.165) is 0 Å². The fourth-order valence-electron chi connectivity index (χ4n) is 3.44. The number of H-pyrrole nitrogens is 1. The van der Waals surface area contributed by atoms with Gasteiger partial charge in [-0.05, 0) is 19.8 Å². The molecule has 0 radical (unpaired) electrons. The number of aromatic amines is 1. The van der Waals surface area contributed by atoms with E-state index in [4.69, 9.17) is 14.2 Å². The lowest BCUT2D eigenvalue weighted by Gasteiger charge is -2.23. The number of hydrogen-bond donors (Lipinski definition) is 2. The number of carbonyl (C=O) groups is 1. The third-order valence-electron chi connectivity index (χ3n) is 4.58. The van der Waals surface area contributed by atoms with Crippen LogP contribution in [0.5, 0.6) is 0 Å². The molecule has 2 fully saturated rings. The Bertz CT molecular complexity index is 920. The molecule has 2 N–H and O–H groups in total. The van der Waals surface area contributed by atoms with Crippen LogP contribution in [-0.4, -0.2) is 56.4 Å². The van der Waals surface area contributed by atoms with E-state index in [0.29, 0.717) is 30.3 Å². The normalized spacial score (nSPS) is 29.4. The monoisotopic (exact) mass is 377 g/mol. The number of aromatic nitrogens is 4. The van der Waals surface area contributed by atoms with Gasteiger partial charge in [0.1, 0.15) is 18.3 Å². The molecule has 2 aromatic heterocycles. The average Bonchev–Trinajstić information content (AvgIpc) is 3.23. The minimum Gasteiger partial charge on any atom is -0.355 e. The first-order valence-corrected chi connectivity index (χ1v) is 8.96. The molecule has 0 aliphatic carbocycles. The van der Waals surface area contributed by atoms with Gasteiger partial charge in [0.25, 0.3) is 5.56 Å². The Balaban J connectivity index is 1.73. The zero-order chi connectivity index (χ0) is 19.3. The van der Waals surface area contributed by atoms with Gasteiger partial charge in [-0.25, -0.2) is 4.98 Å². The molecule has 1 unspecified atom stereocenters. The topological polar surface area (TPSA) is 120 Å². The largest absolute Gasteiger partial charge is 0.355 e. The second-order valence-corrected chi connectivity index (χ2v) is 7.71. The van der Waals surface area contributed by atoms with Gasteiger partial charge in [-0.1, -0.05) is 13.8 Å². The first kappa shape index (κ1) is 18.1. The van der Waals surface area contributed by atoms with Crippen LogP contribution in [0.2, 0.25) is 0 Å². The van der Waals surface area contributed by atoms with Crippen LogP contribution in [0, 0.1) is 5.92 Å². The van der Waals surface area contributed by atoms with Crippen molar-refractivity contribution in [2.45, 2.75) is 58.0 Å². The molecule has 0 aromatic carbocycles. The van der Waals surface area contributed by atoms with Gasteiger partial charge in [0.2, 0.25) is 5.95 Å². The summed E-state index contributed by atoms with van der Waals surface area (Å²) in [5.74, 6) is -0.0908. The number of aldehydes is 1. The Hall–Kier alpha value is -2.30. The van der Waals surface area contributed by atoms with E-state index < -0.39 is 30.3 Å². The number of imidazole rings is 1. The molecule has 0 bridgehead atoms. The smallest absolute Gasteiger partial charge is 0.280 e. The Kier molecular flexibility index (Phi) is 4.28. The molecule has 4 atom stereocenters. The van der Waals surface area contributed by atoms with E-state index in [1.165, 1.54) is 6.33 Å². The number of nitrogens with one attached hydrogen (secondary N) is 2. The van der Waals surface area contributed by atoms with Crippen molar-refractivity contribution in [3.63, 3.8) is 0 Å². The number of fused-ring (bicyclic) bond motifs is 2. The van der Waals surface area contributed by atoms with E-state index >= 15 is 0 Å². The number of carbonyl (C=O) groups excluding carboxylic acids is 1. The molecule has 2 saturated heterocycles. The van der Waals surface area contributed by atoms with Gasteiger partial charge in [0.15, 0.2) is 29.5 Å². The lowest BCUT2D eigenvalue weighted by Crippen LogP contribution is -2.30. The standard InChI is InChI=1S/C17H23N5O5/c1-8(2)5-18-16-20-13-10(14(24)21-16)19-7-22(13)15-12-11(9(6-23)25-15)26-17(3,4)27-12/h6-9,11-12,15H,5H2,1-4H3,(H2,18,20,21,24)/t9-,11+,12?,15-/m1/s1. The van der Waals surface area contributed by atoms with Crippen LogP contribution in [0.15, 0.2) is 11.1 Å². The third-order valence-corrected chi connectivity index (χ3v) is 4.58. The Morgan fingerprint density at radius 1 is 1.37 bits per heavy atom. The molecule has 0 spiro atoms. The second-order valence-electron chi connectivity index (χ2n) is 7.71. The zero-order valence-corrected chi connectivity index (χ0v) is 15.6. The maximum Gasteiger partial charge on any atom is 0.280 e. The van der Waals surface area contributed by atoms with Gasteiger partial charge in [0.05, 0.1) is 6.33 Å². The van der Waals surface area contributed by atoms with Crippen molar-refractivity contribution in [2.75, 3.05) is 11.9 Å². The van der Waals surface area contributed by atoms with Crippen LogP contribution in [0.3, 0.4) is 0 Å². The fraction of sp³-hybridized carbons (Fsp3) is 0.647. The van der Waals surface area contributed by atoms with E-state index in [9.17, 15) is 9.59 Å². The fourth-order valence-corrected chi connectivity index (χ4v) is 3.44. The average molecular weight is 377 g/mol. The van der Waals surface area contributed by atoms with Gasteiger partial charge in [-0.2, -0.15) is 4.98 Å². The first-order chi connectivity index (χ1) is 12.8. The summed E-state index contributed by atoms with van der Waals surface area (Å²) in [6, 6.07) is 0. The highest BCUT2D eigenvalue weighted by Crippen LogP contribution is 2.43. The maximum absolute atomic E-state index is 12.4. The highest BCUT2D eigenvalue weighted by atomic mass is 16.8. The lowest BCUT2D eigenvalue weighted by molar-refractivity contribution is -0.194. The predicted octanol–water partition coefficient (Wildman–Crippen LogP) is 0.804. The lowest BCUT2D eigenvalue weighted by atomic mass is 10.1. The predicted molar refractivity (Wildman–Crippen MR) is 95.3 cm³/mol. The van der Waals surface area contributed by atoms with Gasteiger partial charge in [-0.15, -0.1) is 0 Å². The maximum atomic E-state index is 12.4. The summed E-state index contributed by atoms with van der Waals surface area (Å²) in [5, 5.41) is 3.10. The summed E-state index contributed by atoms with van der Waals surface area (Å²) in [6.45, 7) is 8.34. The number of hydrogen-bond acceptors (Lipinski definition) is 8. The van der Waals surface area contributed by atoms with Crippen molar-refractivity contribution < 1.29 is 19.0 Å². The number of ether oxygens (including phenoxy) is 3. The van der Waals surface area contributed by atoms with Crippen molar-refractivity contribution in [3.05, 3.63) is 16.7 Å². The van der Waals surface area contributed by atoms with Crippen LogP contribution in [0.25, 0.3) is 11.2 Å². The molecule has 2 aliphatic heterocycles. The number of nitrogens with zero attached hydrogens (tertiary/aromatic N) is 3. The van der Waals surface area contributed by atoms with E-state index in [2.05, 4.69) is 34.1 Å². The highest BCUT2D eigenvalue weighted by molar-refractivity contribution is 5.71. The van der Waals surface area contributed by atoms with Gasteiger partial charge in [0, 0.05) is 6.54 Å². The summed E-state index contributed by atoms with van der Waals surface area (Å²) in [7, 11) is 0. The molecule has 4 heterocycles. The molecule has 0 saturated carbocycles. The summed E-state index contributed by atoms with van der Waals surface area (Å²) >= 11 is 0. The van der Waals surface area contributed by atoms with Crippen LogP contribution in [-0.2, 0) is 19.0 Å². The third kappa shape index (κ3) is 3.13. The SMILES string of the molecule is CC(C)CNc1nc2c(ncn2[C@@H]2O[C@H](C=O)[C@@H]3OC(C)(C)OC32)c(=O)[nH]1.